The first-order valence-electron chi connectivity index (χ1n) is 9.51. The minimum atomic E-state index is -0.152. The number of halogens is 1. The van der Waals surface area contributed by atoms with Gasteiger partial charge in [0.05, 0.1) is 19.8 Å². The molecule has 0 unspecified atom stereocenters. The molecule has 0 aliphatic rings. The molecule has 0 aliphatic heterocycles. The largest absolute Gasteiger partial charge is 0.497 e. The van der Waals surface area contributed by atoms with Crippen molar-refractivity contribution in [2.45, 2.75) is 19.4 Å². The van der Waals surface area contributed by atoms with Gasteiger partial charge in [-0.25, -0.2) is 0 Å². The molecule has 5 heteroatoms. The van der Waals surface area contributed by atoms with E-state index in [0.717, 1.165) is 22.7 Å². The second kappa shape index (κ2) is 10.3. The van der Waals surface area contributed by atoms with E-state index in [1.165, 1.54) is 3.57 Å². The molecule has 1 N–H and O–H groups in total. The van der Waals surface area contributed by atoms with Gasteiger partial charge in [-0.15, -0.1) is 0 Å². The Balaban J connectivity index is 1.82. The normalized spacial score (nSPS) is 11.6. The lowest BCUT2D eigenvalue weighted by molar-refractivity contribution is 0.0976. The molecule has 0 aliphatic carbocycles. The summed E-state index contributed by atoms with van der Waals surface area (Å²) >= 11 is 2.28. The summed E-state index contributed by atoms with van der Waals surface area (Å²) in [5.74, 6) is 1.64. The Morgan fingerprint density at radius 2 is 1.55 bits per heavy atom. The molecule has 3 aromatic carbocycles. The highest BCUT2D eigenvalue weighted by atomic mass is 127. The topological polar surface area (TPSA) is 47.6 Å². The molecule has 1 atom stereocenters. The molecule has 0 aromatic heterocycles. The van der Waals surface area contributed by atoms with Crippen LogP contribution in [0.1, 0.15) is 35.3 Å². The van der Waals surface area contributed by atoms with Crippen LogP contribution in [0.5, 0.6) is 11.5 Å². The Hall–Kier alpha value is -2.54. The number of rotatable bonds is 9. The van der Waals surface area contributed by atoms with E-state index in [-0.39, 0.29) is 11.8 Å². The van der Waals surface area contributed by atoms with Crippen LogP contribution in [0.4, 0.5) is 5.69 Å². The lowest BCUT2D eigenvalue weighted by Gasteiger charge is -2.20. The van der Waals surface area contributed by atoms with Gasteiger partial charge in [-0.3, -0.25) is 4.79 Å². The zero-order valence-electron chi connectivity index (χ0n) is 16.5. The maximum Gasteiger partial charge on any atom is 0.165 e. The van der Waals surface area contributed by atoms with Crippen LogP contribution >= 0.6 is 22.6 Å². The summed E-state index contributed by atoms with van der Waals surface area (Å²) in [6, 6.07) is 23.1. The second-order valence-corrected chi connectivity index (χ2v) is 7.81. The van der Waals surface area contributed by atoms with E-state index in [2.05, 4.69) is 27.9 Å². The highest BCUT2D eigenvalue weighted by Crippen LogP contribution is 2.27. The fourth-order valence-corrected chi connectivity index (χ4v) is 3.40. The van der Waals surface area contributed by atoms with Crippen molar-refractivity contribution in [3.8, 4) is 11.5 Å². The van der Waals surface area contributed by atoms with Crippen molar-refractivity contribution in [1.82, 2.24) is 0 Å². The number of ether oxygens (including phenoxy) is 2. The summed E-state index contributed by atoms with van der Waals surface area (Å²) < 4.78 is 11.9. The molecule has 150 valence electrons. The van der Waals surface area contributed by atoms with Crippen molar-refractivity contribution in [1.29, 1.82) is 0 Å². The van der Waals surface area contributed by atoms with Crippen LogP contribution in [0.3, 0.4) is 0 Å². The SMILES string of the molecule is CCOc1ccc([C@H](CC(=O)c2ccc(OC)cc2)Nc2ccc(I)cc2)cc1. The van der Waals surface area contributed by atoms with E-state index < -0.39 is 0 Å². The van der Waals surface area contributed by atoms with E-state index >= 15 is 0 Å². The molecule has 29 heavy (non-hydrogen) atoms. The molecule has 0 amide bonds. The Morgan fingerprint density at radius 1 is 0.931 bits per heavy atom. The van der Waals surface area contributed by atoms with Crippen molar-refractivity contribution in [3.63, 3.8) is 0 Å². The van der Waals surface area contributed by atoms with Gasteiger partial charge in [0.1, 0.15) is 11.5 Å². The Kier molecular flexibility index (Phi) is 7.52. The Bertz CT molecular complexity index is 922. The van der Waals surface area contributed by atoms with Crippen LogP contribution in [0.25, 0.3) is 0 Å². The fraction of sp³-hybridized carbons (Fsp3) is 0.208. The molecule has 3 aromatic rings. The molecular formula is C24H24INO3. The van der Waals surface area contributed by atoms with Crippen molar-refractivity contribution >= 4 is 34.1 Å². The summed E-state index contributed by atoms with van der Waals surface area (Å²) in [4.78, 5) is 12.9. The second-order valence-electron chi connectivity index (χ2n) is 6.56. The predicted octanol–water partition coefficient (Wildman–Crippen LogP) is 6.12. The number of carbonyl (C=O) groups is 1. The number of anilines is 1. The van der Waals surface area contributed by atoms with Crippen LogP contribution < -0.4 is 14.8 Å². The van der Waals surface area contributed by atoms with Crippen LogP contribution in [0, 0.1) is 3.57 Å². The minimum Gasteiger partial charge on any atom is -0.497 e. The first-order valence-corrected chi connectivity index (χ1v) is 10.6. The fourth-order valence-electron chi connectivity index (χ4n) is 3.04. The molecule has 0 radical (unpaired) electrons. The molecular weight excluding hydrogens is 477 g/mol. The van der Waals surface area contributed by atoms with Gasteiger partial charge in [0.2, 0.25) is 0 Å². The summed E-state index contributed by atoms with van der Waals surface area (Å²) in [6.45, 7) is 2.59. The number of benzene rings is 3. The molecule has 0 fully saturated rings. The van der Waals surface area contributed by atoms with Gasteiger partial charge >= 0.3 is 0 Å². The molecule has 0 bridgehead atoms. The molecule has 0 saturated carbocycles. The number of carbonyl (C=O) groups excluding carboxylic acids is 1. The Labute approximate surface area is 185 Å². The molecule has 0 heterocycles. The quantitative estimate of drug-likeness (QED) is 0.283. The van der Waals surface area contributed by atoms with Crippen molar-refractivity contribution in [2.75, 3.05) is 19.0 Å². The lowest BCUT2D eigenvalue weighted by atomic mass is 9.97. The standard InChI is InChI=1S/C24H24INO3/c1-3-29-22-14-4-17(5-15-22)23(26-20-10-8-19(25)9-11-20)16-24(27)18-6-12-21(28-2)13-7-18/h4-15,23,26H,3,16H2,1-2H3/t23-/m0/s1. The first kappa shape index (κ1) is 21.2. The van der Waals surface area contributed by atoms with Gasteiger partial charge < -0.3 is 14.8 Å². The summed E-state index contributed by atoms with van der Waals surface area (Å²) in [5, 5.41) is 3.51. The van der Waals surface area contributed by atoms with Gasteiger partial charge in [-0.2, -0.15) is 0 Å². The maximum atomic E-state index is 12.9. The van der Waals surface area contributed by atoms with Gasteiger partial charge in [0.25, 0.3) is 0 Å². The van der Waals surface area contributed by atoms with Crippen LogP contribution in [-0.4, -0.2) is 19.5 Å². The zero-order valence-corrected chi connectivity index (χ0v) is 18.7. The van der Waals surface area contributed by atoms with E-state index in [1.54, 1.807) is 19.2 Å². The van der Waals surface area contributed by atoms with Gasteiger partial charge in [0, 0.05) is 21.2 Å². The monoisotopic (exact) mass is 501 g/mol. The third-order valence-corrected chi connectivity index (χ3v) is 5.30. The Morgan fingerprint density at radius 3 is 2.14 bits per heavy atom. The van der Waals surface area contributed by atoms with E-state index in [9.17, 15) is 4.79 Å². The third-order valence-electron chi connectivity index (χ3n) is 4.58. The number of hydrogen-bond donors (Lipinski definition) is 1. The highest BCUT2D eigenvalue weighted by molar-refractivity contribution is 14.1. The smallest absolute Gasteiger partial charge is 0.165 e. The number of nitrogens with one attached hydrogen (secondary N) is 1. The van der Waals surface area contributed by atoms with Crippen LogP contribution in [-0.2, 0) is 0 Å². The zero-order chi connectivity index (χ0) is 20.6. The third kappa shape index (κ3) is 5.97. The van der Waals surface area contributed by atoms with Crippen molar-refractivity contribution in [3.05, 3.63) is 87.5 Å². The molecule has 4 nitrogen and oxygen atoms in total. The summed E-state index contributed by atoms with van der Waals surface area (Å²) in [5.41, 5.74) is 2.69. The van der Waals surface area contributed by atoms with Crippen molar-refractivity contribution < 1.29 is 14.3 Å². The summed E-state index contributed by atoms with van der Waals surface area (Å²) in [7, 11) is 1.61. The predicted molar refractivity (Wildman–Crippen MR) is 125 cm³/mol. The molecule has 3 rings (SSSR count). The molecule has 0 spiro atoms. The average Bonchev–Trinajstić information content (AvgIpc) is 2.75. The van der Waals surface area contributed by atoms with Gasteiger partial charge in [0.15, 0.2) is 5.78 Å². The number of Topliss-reactive ketones (excluding diaryl/α,β-unsaturated/α-hetero) is 1. The van der Waals surface area contributed by atoms with Crippen LogP contribution in [0.15, 0.2) is 72.8 Å². The van der Waals surface area contributed by atoms with Crippen molar-refractivity contribution in [2.24, 2.45) is 0 Å². The summed E-state index contributed by atoms with van der Waals surface area (Å²) in [6.07, 6.45) is 0.340. The van der Waals surface area contributed by atoms with Gasteiger partial charge in [-0.05, 0) is 95.7 Å². The maximum absolute atomic E-state index is 12.9. The minimum absolute atomic E-state index is 0.0737. The van der Waals surface area contributed by atoms with E-state index in [0.29, 0.717) is 18.6 Å². The van der Waals surface area contributed by atoms with E-state index in [4.69, 9.17) is 9.47 Å². The van der Waals surface area contributed by atoms with E-state index in [1.807, 2.05) is 67.6 Å². The van der Waals surface area contributed by atoms with Crippen LogP contribution in [0.2, 0.25) is 0 Å². The number of hydrogen-bond acceptors (Lipinski definition) is 4. The average molecular weight is 501 g/mol. The number of ketones is 1. The van der Waals surface area contributed by atoms with Gasteiger partial charge in [-0.1, -0.05) is 12.1 Å². The number of methoxy groups -OCH3 is 1. The molecule has 0 saturated heterocycles. The first-order chi connectivity index (χ1) is 14.1. The highest BCUT2D eigenvalue weighted by Gasteiger charge is 2.18. The lowest BCUT2D eigenvalue weighted by Crippen LogP contribution is -2.16.